The molecule has 84 valence electrons. The average Bonchev–Trinajstić information content (AvgIpc) is 2.60. The van der Waals surface area contributed by atoms with Crippen molar-refractivity contribution in [1.82, 2.24) is 5.16 Å². The van der Waals surface area contributed by atoms with E-state index in [-0.39, 0.29) is 10.8 Å². The fourth-order valence-corrected chi connectivity index (χ4v) is 1.64. The topological polar surface area (TPSA) is 61.3 Å². The Balaban J connectivity index is 2.59. The second-order valence-electron chi connectivity index (χ2n) is 3.06. The lowest BCUT2D eigenvalue weighted by Gasteiger charge is -2.05. The highest BCUT2D eigenvalue weighted by atomic mass is 35.5. The lowest BCUT2D eigenvalue weighted by molar-refractivity contribution is 0.407. The Kier molecular flexibility index (Phi) is 2.94. The minimum Gasteiger partial charge on any atom is -0.496 e. The lowest BCUT2D eigenvalue weighted by atomic mass is 10.1. The summed E-state index contributed by atoms with van der Waals surface area (Å²) in [4.78, 5) is 0. The number of halogens is 2. The van der Waals surface area contributed by atoms with Crippen LogP contribution in [-0.4, -0.2) is 12.3 Å². The number of hydrogen-bond donors (Lipinski definition) is 1. The van der Waals surface area contributed by atoms with Crippen LogP contribution in [0.15, 0.2) is 22.7 Å². The predicted octanol–water partition coefficient (Wildman–Crippen LogP) is 3.24. The highest BCUT2D eigenvalue weighted by molar-refractivity contribution is 6.35. The molecule has 4 nitrogen and oxygen atoms in total. The van der Waals surface area contributed by atoms with Crippen LogP contribution in [0.25, 0.3) is 11.3 Å². The number of benzene rings is 1. The Bertz CT molecular complexity index is 526. The molecular formula is C10H8Cl2N2O2. The molecule has 2 N–H and O–H groups in total. The van der Waals surface area contributed by atoms with Gasteiger partial charge in [0, 0.05) is 5.02 Å². The van der Waals surface area contributed by atoms with E-state index in [4.69, 9.17) is 38.2 Å². The van der Waals surface area contributed by atoms with Crippen molar-refractivity contribution in [3.05, 3.63) is 28.2 Å². The van der Waals surface area contributed by atoms with E-state index in [1.165, 1.54) is 7.11 Å². The molecule has 1 heterocycles. The van der Waals surface area contributed by atoms with E-state index in [2.05, 4.69) is 5.16 Å². The number of hydrogen-bond acceptors (Lipinski definition) is 4. The van der Waals surface area contributed by atoms with E-state index in [1.807, 2.05) is 0 Å². The Hall–Kier alpha value is -1.39. The van der Waals surface area contributed by atoms with Crippen LogP contribution in [0.1, 0.15) is 0 Å². The Morgan fingerprint density at radius 2 is 2.12 bits per heavy atom. The van der Waals surface area contributed by atoms with Crippen LogP contribution >= 0.6 is 23.2 Å². The van der Waals surface area contributed by atoms with Crippen LogP contribution in [0.3, 0.4) is 0 Å². The van der Waals surface area contributed by atoms with Crippen molar-refractivity contribution in [2.45, 2.75) is 0 Å². The van der Waals surface area contributed by atoms with E-state index in [1.54, 1.807) is 18.2 Å². The number of rotatable bonds is 2. The third-order valence-electron chi connectivity index (χ3n) is 2.07. The number of aromatic nitrogens is 1. The van der Waals surface area contributed by atoms with Gasteiger partial charge in [-0.25, -0.2) is 0 Å². The molecule has 0 saturated heterocycles. The summed E-state index contributed by atoms with van der Waals surface area (Å²) >= 11 is 11.8. The van der Waals surface area contributed by atoms with Crippen LogP contribution in [0.4, 0.5) is 5.82 Å². The van der Waals surface area contributed by atoms with Crippen molar-refractivity contribution >= 4 is 29.0 Å². The molecule has 0 saturated carbocycles. The first-order chi connectivity index (χ1) is 7.63. The van der Waals surface area contributed by atoms with Crippen molar-refractivity contribution in [3.8, 4) is 17.1 Å². The van der Waals surface area contributed by atoms with Gasteiger partial charge in [-0.1, -0.05) is 28.4 Å². The predicted molar refractivity (Wildman–Crippen MR) is 62.9 cm³/mol. The van der Waals surface area contributed by atoms with Crippen LogP contribution in [0.2, 0.25) is 10.0 Å². The van der Waals surface area contributed by atoms with Crippen LogP contribution in [-0.2, 0) is 0 Å². The molecule has 0 aliphatic carbocycles. The van der Waals surface area contributed by atoms with Gasteiger partial charge in [0.2, 0.25) is 0 Å². The fraction of sp³-hybridized carbons (Fsp3) is 0.100. The van der Waals surface area contributed by atoms with Crippen LogP contribution < -0.4 is 10.5 Å². The molecular weight excluding hydrogens is 251 g/mol. The standard InChI is InChI=1S/C10H8Cl2N2O2/c1-15-7-4-5(11)2-3-6(7)9-8(12)10(13)14-16-9/h2-4H,1H3,(H2,13,14). The average molecular weight is 259 g/mol. The maximum absolute atomic E-state index is 5.94. The molecule has 2 aromatic rings. The minimum absolute atomic E-state index is 0.147. The third kappa shape index (κ3) is 1.81. The van der Waals surface area contributed by atoms with Gasteiger partial charge >= 0.3 is 0 Å². The summed E-state index contributed by atoms with van der Waals surface area (Å²) in [5.74, 6) is 1.06. The quantitative estimate of drug-likeness (QED) is 0.899. The van der Waals surface area contributed by atoms with Gasteiger partial charge in [0.05, 0.1) is 12.7 Å². The van der Waals surface area contributed by atoms with Crippen molar-refractivity contribution in [3.63, 3.8) is 0 Å². The van der Waals surface area contributed by atoms with Gasteiger partial charge in [-0.3, -0.25) is 0 Å². The van der Waals surface area contributed by atoms with Crippen molar-refractivity contribution in [2.75, 3.05) is 12.8 Å². The molecule has 6 heteroatoms. The molecule has 16 heavy (non-hydrogen) atoms. The second kappa shape index (κ2) is 4.23. The van der Waals surface area contributed by atoms with E-state index >= 15 is 0 Å². The Morgan fingerprint density at radius 1 is 1.38 bits per heavy atom. The summed E-state index contributed by atoms with van der Waals surface area (Å²) in [6.07, 6.45) is 0. The molecule has 0 fully saturated rings. The van der Waals surface area contributed by atoms with E-state index in [0.29, 0.717) is 22.1 Å². The molecule has 0 radical (unpaired) electrons. The van der Waals surface area contributed by atoms with Crippen LogP contribution in [0, 0.1) is 0 Å². The summed E-state index contributed by atoms with van der Waals surface area (Å²) in [5.41, 5.74) is 6.15. The zero-order valence-electron chi connectivity index (χ0n) is 8.33. The number of methoxy groups -OCH3 is 1. The van der Waals surface area contributed by atoms with Gasteiger partial charge in [0.15, 0.2) is 11.6 Å². The second-order valence-corrected chi connectivity index (χ2v) is 3.87. The molecule has 2 rings (SSSR count). The Labute approximate surface area is 102 Å². The number of ether oxygens (including phenoxy) is 1. The van der Waals surface area contributed by atoms with Crippen molar-refractivity contribution in [2.24, 2.45) is 0 Å². The highest BCUT2D eigenvalue weighted by Crippen LogP contribution is 2.38. The van der Waals surface area contributed by atoms with Crippen molar-refractivity contribution < 1.29 is 9.26 Å². The van der Waals surface area contributed by atoms with Gasteiger partial charge in [0.25, 0.3) is 0 Å². The molecule has 0 aliphatic heterocycles. The molecule has 1 aromatic heterocycles. The summed E-state index contributed by atoms with van der Waals surface area (Å²) in [7, 11) is 1.53. The first-order valence-corrected chi connectivity index (χ1v) is 5.13. The summed E-state index contributed by atoms with van der Waals surface area (Å²) in [6.45, 7) is 0. The smallest absolute Gasteiger partial charge is 0.191 e. The monoisotopic (exact) mass is 258 g/mol. The number of nitrogens with two attached hydrogens (primary N) is 1. The van der Waals surface area contributed by atoms with E-state index in [0.717, 1.165) is 0 Å². The molecule has 0 spiro atoms. The largest absolute Gasteiger partial charge is 0.496 e. The summed E-state index contributed by atoms with van der Waals surface area (Å²) < 4.78 is 10.2. The van der Waals surface area contributed by atoms with Gasteiger partial charge in [-0.2, -0.15) is 0 Å². The number of nitrogen functional groups attached to an aromatic ring is 1. The first kappa shape index (κ1) is 11.1. The highest BCUT2D eigenvalue weighted by Gasteiger charge is 2.17. The number of anilines is 1. The van der Waals surface area contributed by atoms with Crippen LogP contribution in [0.5, 0.6) is 5.75 Å². The SMILES string of the molecule is COc1cc(Cl)ccc1-c1onc(N)c1Cl. The normalized spacial score (nSPS) is 10.4. The zero-order valence-corrected chi connectivity index (χ0v) is 9.84. The van der Waals surface area contributed by atoms with Gasteiger partial charge < -0.3 is 15.0 Å². The third-order valence-corrected chi connectivity index (χ3v) is 2.67. The molecule has 0 atom stereocenters. The molecule has 0 bridgehead atoms. The van der Waals surface area contributed by atoms with Gasteiger partial charge in [-0.15, -0.1) is 0 Å². The zero-order chi connectivity index (χ0) is 11.7. The van der Waals surface area contributed by atoms with E-state index in [9.17, 15) is 0 Å². The lowest BCUT2D eigenvalue weighted by Crippen LogP contribution is -1.87. The summed E-state index contributed by atoms with van der Waals surface area (Å²) in [5, 5.41) is 4.40. The van der Waals surface area contributed by atoms with E-state index < -0.39 is 0 Å². The summed E-state index contributed by atoms with van der Waals surface area (Å²) in [6, 6.07) is 5.09. The minimum atomic E-state index is 0.147. The first-order valence-electron chi connectivity index (χ1n) is 4.38. The fourth-order valence-electron chi connectivity index (χ4n) is 1.31. The van der Waals surface area contributed by atoms with Gasteiger partial charge in [0.1, 0.15) is 10.8 Å². The molecule has 0 amide bonds. The molecule has 0 unspecified atom stereocenters. The maximum atomic E-state index is 5.94. The van der Waals surface area contributed by atoms with Crippen molar-refractivity contribution in [1.29, 1.82) is 0 Å². The Morgan fingerprint density at radius 3 is 2.69 bits per heavy atom. The maximum Gasteiger partial charge on any atom is 0.191 e. The van der Waals surface area contributed by atoms with Gasteiger partial charge in [-0.05, 0) is 18.2 Å². The molecule has 0 aliphatic rings. The number of nitrogens with zero attached hydrogens (tertiary/aromatic N) is 1. The molecule has 1 aromatic carbocycles.